The zero-order valence-electron chi connectivity index (χ0n) is 11.7. The van der Waals surface area contributed by atoms with Crippen LogP contribution in [0.4, 0.5) is 13.2 Å². The normalized spacial score (nSPS) is 12.1. The lowest BCUT2D eigenvalue weighted by molar-refractivity contribution is -0.137. The molecule has 0 aliphatic carbocycles. The molecular formula is C14H15ClF3N3. The lowest BCUT2D eigenvalue weighted by atomic mass is 10.1. The number of nitrogens with zero attached hydrogens (tertiary/aromatic N) is 3. The van der Waals surface area contributed by atoms with E-state index in [4.69, 9.17) is 11.6 Å². The van der Waals surface area contributed by atoms with Gasteiger partial charge in [-0.15, -0.1) is 21.8 Å². The second-order valence-corrected chi connectivity index (χ2v) is 5.42. The minimum absolute atomic E-state index is 0.165. The Balaban J connectivity index is 2.49. The van der Waals surface area contributed by atoms with Crippen molar-refractivity contribution in [2.45, 2.75) is 32.4 Å². The quantitative estimate of drug-likeness (QED) is 0.784. The summed E-state index contributed by atoms with van der Waals surface area (Å²) in [7, 11) is 0. The molecule has 2 rings (SSSR count). The minimum Gasteiger partial charge on any atom is -0.310 e. The van der Waals surface area contributed by atoms with Gasteiger partial charge in [-0.1, -0.05) is 26.0 Å². The largest absolute Gasteiger partial charge is 0.416 e. The molecule has 0 bridgehead atoms. The molecule has 0 atom stereocenters. The van der Waals surface area contributed by atoms with Crippen LogP contribution in [0.15, 0.2) is 24.3 Å². The van der Waals surface area contributed by atoms with Crippen LogP contribution in [0.1, 0.15) is 25.2 Å². The van der Waals surface area contributed by atoms with E-state index in [1.165, 1.54) is 6.07 Å². The van der Waals surface area contributed by atoms with E-state index < -0.39 is 11.7 Å². The molecule has 2 aromatic rings. The summed E-state index contributed by atoms with van der Waals surface area (Å²) in [5.41, 5.74) is -0.319. The zero-order chi connectivity index (χ0) is 15.6. The lowest BCUT2D eigenvalue weighted by Gasteiger charge is -2.13. The third-order valence-electron chi connectivity index (χ3n) is 2.94. The molecule has 1 aromatic heterocycles. The zero-order valence-corrected chi connectivity index (χ0v) is 12.4. The van der Waals surface area contributed by atoms with Crippen LogP contribution in [0.3, 0.4) is 0 Å². The fourth-order valence-electron chi connectivity index (χ4n) is 2.04. The molecule has 0 fully saturated rings. The van der Waals surface area contributed by atoms with Crippen molar-refractivity contribution < 1.29 is 13.2 Å². The number of rotatable bonds is 4. The molecule has 0 N–H and O–H groups in total. The molecule has 0 amide bonds. The SMILES string of the molecule is CC(C)Cn1c(CCl)nnc1-c1cccc(C(F)(F)F)c1. The molecule has 1 heterocycles. The molecule has 3 nitrogen and oxygen atoms in total. The predicted molar refractivity (Wildman–Crippen MR) is 74.9 cm³/mol. The van der Waals surface area contributed by atoms with Crippen LogP contribution in [0.25, 0.3) is 11.4 Å². The van der Waals surface area contributed by atoms with Gasteiger partial charge in [-0.25, -0.2) is 0 Å². The van der Waals surface area contributed by atoms with Gasteiger partial charge in [0.05, 0.1) is 11.4 Å². The summed E-state index contributed by atoms with van der Waals surface area (Å²) in [5.74, 6) is 1.43. The first-order valence-corrected chi connectivity index (χ1v) is 7.02. The maximum absolute atomic E-state index is 12.8. The number of hydrogen-bond acceptors (Lipinski definition) is 2. The molecular weight excluding hydrogens is 303 g/mol. The lowest BCUT2D eigenvalue weighted by Crippen LogP contribution is -2.10. The van der Waals surface area contributed by atoms with Gasteiger partial charge in [0.25, 0.3) is 0 Å². The standard InChI is InChI=1S/C14H15ClF3N3/c1-9(2)8-21-12(7-15)19-20-13(21)10-4-3-5-11(6-10)14(16,17)18/h3-6,9H,7-8H2,1-2H3. The molecule has 21 heavy (non-hydrogen) atoms. The van der Waals surface area contributed by atoms with Crippen LogP contribution in [-0.2, 0) is 18.6 Å². The van der Waals surface area contributed by atoms with Gasteiger partial charge >= 0.3 is 6.18 Å². The first kappa shape index (κ1) is 15.8. The number of halogens is 4. The average Bonchev–Trinajstić information content (AvgIpc) is 2.80. The van der Waals surface area contributed by atoms with Crippen LogP contribution in [0, 0.1) is 5.92 Å². The van der Waals surface area contributed by atoms with Crippen molar-refractivity contribution >= 4 is 11.6 Å². The Bertz CT molecular complexity index is 620. The van der Waals surface area contributed by atoms with Crippen LogP contribution in [0.2, 0.25) is 0 Å². The van der Waals surface area contributed by atoms with E-state index in [1.54, 1.807) is 10.6 Å². The van der Waals surface area contributed by atoms with Crippen LogP contribution in [0.5, 0.6) is 0 Å². The first-order chi connectivity index (χ1) is 9.82. The van der Waals surface area contributed by atoms with E-state index in [0.29, 0.717) is 29.7 Å². The Labute approximate surface area is 125 Å². The van der Waals surface area contributed by atoms with E-state index in [2.05, 4.69) is 10.2 Å². The summed E-state index contributed by atoms with van der Waals surface area (Å²) in [6.45, 7) is 4.61. The third kappa shape index (κ3) is 3.56. The molecule has 0 spiro atoms. The van der Waals surface area contributed by atoms with E-state index in [9.17, 15) is 13.2 Å². The Hall–Kier alpha value is -1.56. The second-order valence-electron chi connectivity index (χ2n) is 5.16. The molecule has 0 aliphatic heterocycles. The average molecular weight is 318 g/mol. The van der Waals surface area contributed by atoms with Gasteiger partial charge in [-0.05, 0) is 18.1 Å². The second kappa shape index (κ2) is 6.05. The number of alkyl halides is 4. The number of benzene rings is 1. The highest BCUT2D eigenvalue weighted by Gasteiger charge is 2.31. The molecule has 1 aromatic carbocycles. The topological polar surface area (TPSA) is 30.7 Å². The van der Waals surface area contributed by atoms with Crippen molar-refractivity contribution in [3.05, 3.63) is 35.7 Å². The van der Waals surface area contributed by atoms with Crippen LogP contribution in [-0.4, -0.2) is 14.8 Å². The van der Waals surface area contributed by atoms with Gasteiger partial charge in [0.15, 0.2) is 5.82 Å². The predicted octanol–water partition coefficient (Wildman–Crippen LogP) is 4.36. The van der Waals surface area contributed by atoms with Gasteiger partial charge < -0.3 is 4.57 Å². The summed E-state index contributed by atoms with van der Waals surface area (Å²) >= 11 is 5.82. The molecule has 114 valence electrons. The Morgan fingerprint density at radius 1 is 1.24 bits per heavy atom. The maximum atomic E-state index is 12.8. The van der Waals surface area contributed by atoms with Crippen molar-refractivity contribution in [1.82, 2.24) is 14.8 Å². The van der Waals surface area contributed by atoms with E-state index >= 15 is 0 Å². The molecule has 7 heteroatoms. The molecule has 0 aliphatic rings. The summed E-state index contributed by atoms with van der Waals surface area (Å²) < 4.78 is 40.2. The Morgan fingerprint density at radius 3 is 2.52 bits per heavy atom. The highest BCUT2D eigenvalue weighted by Crippen LogP contribution is 2.32. The Kier molecular flexibility index (Phi) is 4.56. The summed E-state index contributed by atoms with van der Waals surface area (Å²) in [4.78, 5) is 0. The number of hydrogen-bond donors (Lipinski definition) is 0. The minimum atomic E-state index is -4.38. The fraction of sp³-hybridized carbons (Fsp3) is 0.429. The summed E-state index contributed by atoms with van der Waals surface area (Å²) in [6, 6.07) is 5.08. The molecule has 0 radical (unpaired) electrons. The fourth-order valence-corrected chi connectivity index (χ4v) is 2.24. The number of aromatic nitrogens is 3. The summed E-state index contributed by atoms with van der Waals surface area (Å²) in [6.07, 6.45) is -4.38. The van der Waals surface area contributed by atoms with Crippen molar-refractivity contribution in [2.24, 2.45) is 5.92 Å². The Morgan fingerprint density at radius 2 is 1.95 bits per heavy atom. The highest BCUT2D eigenvalue weighted by atomic mass is 35.5. The van der Waals surface area contributed by atoms with Crippen molar-refractivity contribution in [3.63, 3.8) is 0 Å². The van der Waals surface area contributed by atoms with Gasteiger partial charge in [-0.3, -0.25) is 0 Å². The van der Waals surface area contributed by atoms with Crippen LogP contribution < -0.4 is 0 Å². The van der Waals surface area contributed by atoms with Crippen molar-refractivity contribution in [2.75, 3.05) is 0 Å². The van der Waals surface area contributed by atoms with E-state index in [-0.39, 0.29) is 5.88 Å². The van der Waals surface area contributed by atoms with Crippen molar-refractivity contribution in [1.29, 1.82) is 0 Å². The van der Waals surface area contributed by atoms with E-state index in [0.717, 1.165) is 12.1 Å². The summed E-state index contributed by atoms with van der Waals surface area (Å²) in [5, 5.41) is 7.95. The van der Waals surface area contributed by atoms with Gasteiger partial charge in [-0.2, -0.15) is 13.2 Å². The van der Waals surface area contributed by atoms with Gasteiger partial charge in [0, 0.05) is 12.1 Å². The molecule has 0 saturated heterocycles. The van der Waals surface area contributed by atoms with Crippen LogP contribution >= 0.6 is 11.6 Å². The monoisotopic (exact) mass is 317 g/mol. The maximum Gasteiger partial charge on any atom is 0.416 e. The van der Waals surface area contributed by atoms with E-state index in [1.807, 2.05) is 13.8 Å². The molecule has 0 unspecified atom stereocenters. The molecule has 0 saturated carbocycles. The van der Waals surface area contributed by atoms with Gasteiger partial charge in [0.2, 0.25) is 0 Å². The smallest absolute Gasteiger partial charge is 0.310 e. The first-order valence-electron chi connectivity index (χ1n) is 6.48. The third-order valence-corrected chi connectivity index (χ3v) is 3.18. The van der Waals surface area contributed by atoms with Crippen molar-refractivity contribution in [3.8, 4) is 11.4 Å². The highest BCUT2D eigenvalue weighted by molar-refractivity contribution is 6.16. The van der Waals surface area contributed by atoms with Gasteiger partial charge in [0.1, 0.15) is 5.82 Å².